The van der Waals surface area contributed by atoms with Gasteiger partial charge in [0.1, 0.15) is 17.1 Å². The molecule has 1 amide bonds. The number of ether oxygens (including phenoxy) is 1. The van der Waals surface area contributed by atoms with E-state index in [2.05, 4.69) is 42.3 Å². The van der Waals surface area contributed by atoms with E-state index in [9.17, 15) is 13.6 Å². The normalized spacial score (nSPS) is 10.9. The van der Waals surface area contributed by atoms with Crippen LogP contribution in [-0.4, -0.2) is 38.2 Å². The second-order valence-electron chi connectivity index (χ2n) is 7.99. The van der Waals surface area contributed by atoms with Crippen molar-refractivity contribution in [2.24, 2.45) is 0 Å². The number of alkyl halides is 2. The summed E-state index contributed by atoms with van der Waals surface area (Å²) >= 11 is 7.32. The fourth-order valence-electron chi connectivity index (χ4n) is 3.62. The van der Waals surface area contributed by atoms with E-state index >= 15 is 0 Å². The molecule has 3 heterocycles. The van der Waals surface area contributed by atoms with Crippen LogP contribution in [0.5, 0.6) is 5.75 Å². The summed E-state index contributed by atoms with van der Waals surface area (Å²) in [4.78, 5) is 26.8. The van der Waals surface area contributed by atoms with Crippen molar-refractivity contribution in [1.82, 2.24) is 25.1 Å². The molecule has 5 rings (SSSR count). The van der Waals surface area contributed by atoms with E-state index in [4.69, 9.17) is 16.3 Å². The molecule has 0 saturated heterocycles. The maximum Gasteiger partial charge on any atom is 0.263 e. The van der Waals surface area contributed by atoms with Crippen molar-refractivity contribution < 1.29 is 18.3 Å². The van der Waals surface area contributed by atoms with Crippen LogP contribution in [0.4, 0.5) is 13.9 Å². The van der Waals surface area contributed by atoms with Crippen molar-refractivity contribution in [1.29, 1.82) is 0 Å². The van der Waals surface area contributed by atoms with Gasteiger partial charge in [0.05, 0.1) is 13.3 Å². The minimum atomic E-state index is -2.70. The first-order valence-electron chi connectivity index (χ1n) is 11.1. The highest BCUT2D eigenvalue weighted by molar-refractivity contribution is 7.21. The fraction of sp³-hybridized carbons (Fsp3) is 0.115. The van der Waals surface area contributed by atoms with Gasteiger partial charge in [-0.3, -0.25) is 15.2 Å². The van der Waals surface area contributed by atoms with Crippen molar-refractivity contribution in [3.63, 3.8) is 0 Å². The number of hydrogen-bond acceptors (Lipinski definition) is 7. The maximum absolute atomic E-state index is 13.4. The van der Waals surface area contributed by atoms with Gasteiger partial charge in [-0.05, 0) is 66.8 Å². The highest BCUT2D eigenvalue weighted by Gasteiger charge is 2.20. The van der Waals surface area contributed by atoms with Crippen LogP contribution in [0.1, 0.15) is 39.4 Å². The first-order chi connectivity index (χ1) is 18.3. The topological polar surface area (TPSA) is 106 Å². The summed E-state index contributed by atoms with van der Waals surface area (Å²) in [6.07, 6.45) is -1.21. The number of aromatic nitrogens is 5. The number of nitrogens with one attached hydrogen (secondary N) is 2. The van der Waals surface area contributed by atoms with Crippen molar-refractivity contribution in [3.05, 3.63) is 81.9 Å². The van der Waals surface area contributed by atoms with Crippen molar-refractivity contribution in [3.8, 4) is 28.7 Å². The number of benzene rings is 2. The Bertz CT molecular complexity index is 1740. The summed E-state index contributed by atoms with van der Waals surface area (Å²) in [5.74, 6) is 5.61. The smallest absolute Gasteiger partial charge is 0.263 e. The molecule has 8 nitrogen and oxygen atoms in total. The van der Waals surface area contributed by atoms with E-state index in [-0.39, 0.29) is 16.3 Å². The molecule has 0 bridgehead atoms. The number of fused-ring (bicyclic) bond motifs is 1. The predicted octanol–water partition coefficient (Wildman–Crippen LogP) is 6.04. The molecule has 0 aliphatic rings. The quantitative estimate of drug-likeness (QED) is 0.259. The number of halogens is 3. The lowest BCUT2D eigenvalue weighted by Gasteiger charge is -2.14. The van der Waals surface area contributed by atoms with Gasteiger partial charge in [-0.15, -0.1) is 0 Å². The summed E-state index contributed by atoms with van der Waals surface area (Å²) in [7, 11) is 1.42. The zero-order chi connectivity index (χ0) is 26.8. The zero-order valence-electron chi connectivity index (χ0n) is 19.8. The Balaban J connectivity index is 1.45. The molecule has 12 heteroatoms. The Morgan fingerprint density at radius 2 is 1.92 bits per heavy atom. The standard InChI is InChI=1S/C26H17ClF2N6O2S/c1-13-9-16(35-34-13)5-6-17-12-30-23-25(31-17)38-26(32-23)33-24(36)18-7-4-15(27)11-19(18)20-10-14(22(28)29)3-8-21(20)37-2/h3-4,7-12,22H,1-2H3,(H,34,35)(H,30,32,33,36). The van der Waals surface area contributed by atoms with Crippen molar-refractivity contribution in [2.45, 2.75) is 13.3 Å². The number of aryl methyl sites for hydroxylation is 1. The number of aromatic amines is 1. The molecule has 2 N–H and O–H groups in total. The molecule has 5 aromatic rings. The van der Waals surface area contributed by atoms with Gasteiger partial charge < -0.3 is 4.74 Å². The molecule has 0 radical (unpaired) electrons. The fourth-order valence-corrected chi connectivity index (χ4v) is 4.58. The average molecular weight is 551 g/mol. The lowest BCUT2D eigenvalue weighted by Crippen LogP contribution is -2.13. The van der Waals surface area contributed by atoms with E-state index < -0.39 is 12.3 Å². The molecule has 0 saturated carbocycles. The van der Waals surface area contributed by atoms with Gasteiger partial charge >= 0.3 is 0 Å². The Hall–Kier alpha value is -4.40. The minimum absolute atomic E-state index is 0.195. The van der Waals surface area contributed by atoms with Gasteiger partial charge in [-0.25, -0.2) is 18.7 Å². The molecule has 0 spiro atoms. The molecule has 3 aromatic heterocycles. The number of carbonyl (C=O) groups excluding carboxylic acids is 1. The number of amides is 1. The van der Waals surface area contributed by atoms with Gasteiger partial charge in [-0.1, -0.05) is 22.9 Å². The molecule has 2 aromatic carbocycles. The molecular formula is C26H17ClF2N6O2S. The highest BCUT2D eigenvalue weighted by Crippen LogP contribution is 2.37. The number of H-pyrrole nitrogens is 1. The van der Waals surface area contributed by atoms with Gasteiger partial charge in [0.25, 0.3) is 12.3 Å². The SMILES string of the molecule is COc1ccc(C(F)F)cc1-c1cc(Cl)ccc1C(=O)Nc1nc2ncc(C#Cc3cc(C)[nH]n3)nc2s1. The van der Waals surface area contributed by atoms with Crippen molar-refractivity contribution in [2.75, 3.05) is 12.4 Å². The number of anilines is 1. The van der Waals surface area contributed by atoms with Crippen LogP contribution in [0.3, 0.4) is 0 Å². The number of hydrogen-bond donors (Lipinski definition) is 2. The Morgan fingerprint density at radius 3 is 2.66 bits per heavy atom. The summed E-state index contributed by atoms with van der Waals surface area (Å²) in [5, 5.41) is 10.2. The third kappa shape index (κ3) is 5.32. The summed E-state index contributed by atoms with van der Waals surface area (Å²) in [6.45, 7) is 1.88. The van der Waals surface area contributed by atoms with Gasteiger partial charge in [0, 0.05) is 27.4 Å². The predicted molar refractivity (Wildman–Crippen MR) is 141 cm³/mol. The van der Waals surface area contributed by atoms with Crippen LogP contribution in [0.2, 0.25) is 5.02 Å². The lowest BCUT2D eigenvalue weighted by molar-refractivity contribution is 0.102. The Labute approximate surface area is 224 Å². The second-order valence-corrected chi connectivity index (χ2v) is 9.41. The summed E-state index contributed by atoms with van der Waals surface area (Å²) in [6, 6.07) is 10.4. The molecule has 0 fully saturated rings. The Morgan fingerprint density at radius 1 is 1.11 bits per heavy atom. The summed E-state index contributed by atoms with van der Waals surface area (Å²) < 4.78 is 32.2. The number of carbonyl (C=O) groups is 1. The van der Waals surface area contributed by atoms with Crippen LogP contribution < -0.4 is 10.1 Å². The van der Waals surface area contributed by atoms with Crippen LogP contribution in [0.15, 0.2) is 48.7 Å². The third-order valence-corrected chi connectivity index (χ3v) is 6.45. The molecule has 0 atom stereocenters. The monoisotopic (exact) mass is 550 g/mol. The van der Waals surface area contributed by atoms with Crippen LogP contribution >= 0.6 is 22.9 Å². The maximum atomic E-state index is 13.4. The molecular weight excluding hydrogens is 534 g/mol. The van der Waals surface area contributed by atoms with Crippen molar-refractivity contribution >= 4 is 44.5 Å². The van der Waals surface area contributed by atoms with E-state index in [1.165, 1.54) is 49.7 Å². The first kappa shape index (κ1) is 25.3. The molecule has 38 heavy (non-hydrogen) atoms. The molecule has 0 unspecified atom stereocenters. The molecule has 190 valence electrons. The number of methoxy groups -OCH3 is 1. The largest absolute Gasteiger partial charge is 0.496 e. The second kappa shape index (κ2) is 10.5. The van der Waals surface area contributed by atoms with E-state index in [0.29, 0.717) is 43.8 Å². The Kier molecular flexibility index (Phi) is 7.00. The minimum Gasteiger partial charge on any atom is -0.496 e. The molecule has 0 aliphatic carbocycles. The van der Waals surface area contributed by atoms with E-state index in [0.717, 1.165) is 17.0 Å². The molecule has 0 aliphatic heterocycles. The third-order valence-electron chi connectivity index (χ3n) is 5.36. The van der Waals surface area contributed by atoms with E-state index in [1.807, 2.05) is 13.0 Å². The van der Waals surface area contributed by atoms with Gasteiger partial charge in [-0.2, -0.15) is 10.1 Å². The average Bonchev–Trinajstić information content (AvgIpc) is 3.51. The summed E-state index contributed by atoms with van der Waals surface area (Å²) in [5.41, 5.74) is 2.86. The van der Waals surface area contributed by atoms with Crippen LogP contribution in [0.25, 0.3) is 21.6 Å². The zero-order valence-corrected chi connectivity index (χ0v) is 21.4. The number of thiazole rings is 1. The number of rotatable bonds is 5. The van der Waals surface area contributed by atoms with E-state index in [1.54, 1.807) is 0 Å². The highest BCUT2D eigenvalue weighted by atomic mass is 35.5. The van der Waals surface area contributed by atoms with Crippen LogP contribution in [0, 0.1) is 18.8 Å². The van der Waals surface area contributed by atoms with Crippen LogP contribution in [-0.2, 0) is 0 Å². The van der Waals surface area contributed by atoms with Gasteiger partial charge in [0.2, 0.25) is 0 Å². The lowest BCUT2D eigenvalue weighted by atomic mass is 9.96. The number of nitrogens with zero attached hydrogens (tertiary/aromatic N) is 4. The van der Waals surface area contributed by atoms with Gasteiger partial charge in [0.15, 0.2) is 15.6 Å². The first-order valence-corrected chi connectivity index (χ1v) is 12.2.